The summed E-state index contributed by atoms with van der Waals surface area (Å²) in [5.41, 5.74) is 7.60. The number of nitrogens with zero attached hydrogens (tertiary/aromatic N) is 1. The van der Waals surface area contributed by atoms with Crippen molar-refractivity contribution in [2.24, 2.45) is 11.8 Å². The van der Waals surface area contributed by atoms with Crippen molar-refractivity contribution >= 4 is 29.1 Å². The monoisotopic (exact) mass is 376 g/mol. The molecule has 4 rings (SSSR count). The minimum absolute atomic E-state index is 0.00589. The Morgan fingerprint density at radius 2 is 2.23 bits per heavy atom. The lowest BCUT2D eigenvalue weighted by Gasteiger charge is -2.27. The number of nitrogens with one attached hydrogen (secondary N) is 2. The van der Waals surface area contributed by atoms with Gasteiger partial charge in [0.2, 0.25) is 0 Å². The van der Waals surface area contributed by atoms with E-state index in [0.29, 0.717) is 34.9 Å². The number of amides is 1. The number of nitrogen functional groups attached to an aromatic ring is 1. The number of Topliss-reactive ketones (excluding diaryl/α,β-unsaturated/α-hetero) is 1. The molecule has 1 aromatic heterocycles. The van der Waals surface area contributed by atoms with Crippen LogP contribution >= 0.6 is 11.6 Å². The van der Waals surface area contributed by atoms with E-state index < -0.39 is 5.82 Å². The summed E-state index contributed by atoms with van der Waals surface area (Å²) in [6.45, 7) is 0.192. The third-order valence-corrected chi connectivity index (χ3v) is 5.76. The van der Waals surface area contributed by atoms with E-state index in [2.05, 4.69) is 15.5 Å². The van der Waals surface area contributed by atoms with E-state index in [0.717, 1.165) is 12.8 Å². The molecule has 8 heteroatoms. The number of H-pyrrole nitrogens is 1. The number of fused-ring (bicyclic) bond motifs is 1. The third-order valence-electron chi connectivity index (χ3n) is 5.47. The van der Waals surface area contributed by atoms with E-state index in [-0.39, 0.29) is 35.1 Å². The zero-order valence-electron chi connectivity index (χ0n) is 13.9. The minimum atomic E-state index is -0.506. The highest BCUT2D eigenvalue weighted by molar-refractivity contribution is 6.30. The maximum Gasteiger partial charge on any atom is 0.257 e. The van der Waals surface area contributed by atoms with Gasteiger partial charge in [-0.05, 0) is 36.5 Å². The Hall–Kier alpha value is -2.41. The van der Waals surface area contributed by atoms with Gasteiger partial charge in [-0.25, -0.2) is 4.39 Å². The van der Waals surface area contributed by atoms with Gasteiger partial charge in [0.1, 0.15) is 17.2 Å². The lowest BCUT2D eigenvalue weighted by atomic mass is 9.75. The molecule has 2 fully saturated rings. The van der Waals surface area contributed by atoms with Crippen LogP contribution in [0.1, 0.15) is 46.8 Å². The highest BCUT2D eigenvalue weighted by atomic mass is 35.5. The average Bonchev–Trinajstić information content (AvgIpc) is 3.15. The van der Waals surface area contributed by atoms with Crippen LogP contribution in [0.5, 0.6) is 0 Å². The van der Waals surface area contributed by atoms with Crippen LogP contribution < -0.4 is 11.1 Å². The molecule has 2 aliphatic carbocycles. The molecule has 136 valence electrons. The third kappa shape index (κ3) is 2.86. The second-order valence-corrected chi connectivity index (χ2v) is 7.44. The van der Waals surface area contributed by atoms with Crippen molar-refractivity contribution in [2.75, 3.05) is 5.73 Å². The first-order chi connectivity index (χ1) is 12.4. The Balaban J connectivity index is 1.48. The van der Waals surface area contributed by atoms with Crippen LogP contribution in [0.4, 0.5) is 10.2 Å². The summed E-state index contributed by atoms with van der Waals surface area (Å²) in [5.74, 6) is 0.202. The fraction of sp³-hybridized carbons (Fsp3) is 0.389. The molecule has 2 aromatic rings. The van der Waals surface area contributed by atoms with E-state index in [4.69, 9.17) is 17.3 Å². The topological polar surface area (TPSA) is 101 Å². The molecule has 2 saturated carbocycles. The summed E-state index contributed by atoms with van der Waals surface area (Å²) in [4.78, 5) is 24.3. The first kappa shape index (κ1) is 17.0. The number of carbonyl (C=O) groups is 2. The smallest absolute Gasteiger partial charge is 0.257 e. The normalized spacial score (nSPS) is 24.2. The maximum absolute atomic E-state index is 13.2. The van der Waals surface area contributed by atoms with Crippen LogP contribution in [0.25, 0.3) is 0 Å². The first-order valence-corrected chi connectivity index (χ1v) is 8.90. The Morgan fingerprint density at radius 3 is 2.92 bits per heavy atom. The van der Waals surface area contributed by atoms with Gasteiger partial charge in [0.25, 0.3) is 5.91 Å². The van der Waals surface area contributed by atoms with Crippen LogP contribution in [-0.2, 0) is 11.3 Å². The van der Waals surface area contributed by atoms with E-state index >= 15 is 0 Å². The van der Waals surface area contributed by atoms with Gasteiger partial charge in [0.15, 0.2) is 5.82 Å². The maximum atomic E-state index is 13.2. The van der Waals surface area contributed by atoms with Crippen molar-refractivity contribution in [2.45, 2.75) is 31.7 Å². The Labute approximate surface area is 154 Å². The van der Waals surface area contributed by atoms with Crippen molar-refractivity contribution in [1.29, 1.82) is 0 Å². The molecule has 2 aliphatic rings. The van der Waals surface area contributed by atoms with Crippen molar-refractivity contribution in [3.8, 4) is 0 Å². The summed E-state index contributed by atoms with van der Waals surface area (Å²) in [7, 11) is 0. The lowest BCUT2D eigenvalue weighted by Crippen LogP contribution is -2.32. The van der Waals surface area contributed by atoms with Gasteiger partial charge in [-0.3, -0.25) is 14.7 Å². The molecule has 6 nitrogen and oxygen atoms in total. The van der Waals surface area contributed by atoms with Gasteiger partial charge in [-0.15, -0.1) is 0 Å². The predicted octanol–water partition coefficient (Wildman–Crippen LogP) is 2.80. The summed E-state index contributed by atoms with van der Waals surface area (Å²) in [6.07, 6.45) is 2.24. The van der Waals surface area contributed by atoms with E-state index in [1.54, 1.807) is 6.07 Å². The Bertz CT molecular complexity index is 897. The molecule has 0 radical (unpaired) electrons. The van der Waals surface area contributed by atoms with Crippen molar-refractivity contribution in [1.82, 2.24) is 15.5 Å². The number of aromatic nitrogens is 2. The van der Waals surface area contributed by atoms with Gasteiger partial charge in [0, 0.05) is 24.8 Å². The second kappa shape index (κ2) is 6.39. The van der Waals surface area contributed by atoms with E-state index in [9.17, 15) is 14.0 Å². The molecular weight excluding hydrogens is 359 g/mol. The highest BCUT2D eigenvalue weighted by Gasteiger charge is 2.48. The predicted molar refractivity (Wildman–Crippen MR) is 94.2 cm³/mol. The van der Waals surface area contributed by atoms with Crippen molar-refractivity contribution in [3.05, 3.63) is 45.9 Å². The summed E-state index contributed by atoms with van der Waals surface area (Å²) in [6, 6.07) is 4.28. The molecule has 0 spiro atoms. The fourth-order valence-electron chi connectivity index (χ4n) is 4.05. The van der Waals surface area contributed by atoms with Gasteiger partial charge >= 0.3 is 0 Å². The van der Waals surface area contributed by atoms with Gasteiger partial charge in [-0.1, -0.05) is 17.7 Å². The van der Waals surface area contributed by atoms with Crippen LogP contribution in [-0.4, -0.2) is 21.9 Å². The molecule has 1 heterocycles. The SMILES string of the molecule is Nc1n[nH]c(C2CC3CC(=O)C3C2)c1C(=O)NCc1ccc(F)c(Cl)c1. The standard InChI is InChI=1S/C18H18ClFN4O2/c19-12-3-8(1-2-13(12)20)7-22-18(26)15-16(23-24-17(15)21)10-4-9-6-14(25)11(9)5-10/h1-3,9-11H,4-7H2,(H,22,26)(H3,21,23,24). The zero-order valence-corrected chi connectivity index (χ0v) is 14.6. The molecule has 0 bridgehead atoms. The number of anilines is 1. The minimum Gasteiger partial charge on any atom is -0.382 e. The number of halogens is 2. The molecule has 1 amide bonds. The van der Waals surface area contributed by atoms with Crippen LogP contribution in [0.15, 0.2) is 18.2 Å². The average molecular weight is 377 g/mol. The van der Waals surface area contributed by atoms with E-state index in [1.165, 1.54) is 12.1 Å². The van der Waals surface area contributed by atoms with Gasteiger partial charge < -0.3 is 11.1 Å². The number of ketones is 1. The van der Waals surface area contributed by atoms with Crippen molar-refractivity contribution in [3.63, 3.8) is 0 Å². The molecule has 1 aromatic carbocycles. The molecular formula is C18H18ClFN4O2. The number of rotatable bonds is 4. The number of nitrogens with two attached hydrogens (primary N) is 1. The lowest BCUT2D eigenvalue weighted by molar-refractivity contribution is -0.132. The fourth-order valence-corrected chi connectivity index (χ4v) is 4.26. The Morgan fingerprint density at radius 1 is 1.42 bits per heavy atom. The van der Waals surface area contributed by atoms with Crippen LogP contribution in [0.3, 0.4) is 0 Å². The molecule has 0 saturated heterocycles. The van der Waals surface area contributed by atoms with Gasteiger partial charge in [-0.2, -0.15) is 5.10 Å². The molecule has 3 unspecified atom stereocenters. The number of benzene rings is 1. The molecule has 0 aliphatic heterocycles. The second-order valence-electron chi connectivity index (χ2n) is 7.03. The molecule has 26 heavy (non-hydrogen) atoms. The summed E-state index contributed by atoms with van der Waals surface area (Å²) >= 11 is 5.76. The van der Waals surface area contributed by atoms with Crippen LogP contribution in [0, 0.1) is 17.7 Å². The molecule has 3 atom stereocenters. The number of hydrogen-bond acceptors (Lipinski definition) is 4. The summed E-state index contributed by atoms with van der Waals surface area (Å²) in [5, 5.41) is 9.64. The Kier molecular flexibility index (Phi) is 4.19. The summed E-state index contributed by atoms with van der Waals surface area (Å²) < 4.78 is 13.2. The largest absolute Gasteiger partial charge is 0.382 e. The quantitative estimate of drug-likeness (QED) is 0.763. The number of hydrogen-bond donors (Lipinski definition) is 3. The first-order valence-electron chi connectivity index (χ1n) is 8.52. The van der Waals surface area contributed by atoms with Crippen molar-refractivity contribution < 1.29 is 14.0 Å². The van der Waals surface area contributed by atoms with Crippen LogP contribution in [0.2, 0.25) is 5.02 Å². The number of aromatic amines is 1. The van der Waals surface area contributed by atoms with E-state index in [1.807, 2.05) is 0 Å². The van der Waals surface area contributed by atoms with Gasteiger partial charge in [0.05, 0.1) is 10.7 Å². The number of carbonyl (C=O) groups excluding carboxylic acids is 2. The highest BCUT2D eigenvalue weighted by Crippen LogP contribution is 2.51. The zero-order chi connectivity index (χ0) is 18.4. The molecule has 4 N–H and O–H groups in total.